The van der Waals surface area contributed by atoms with E-state index in [1.165, 1.54) is 28.4 Å². The normalized spacial score (nSPS) is 14.6. The summed E-state index contributed by atoms with van der Waals surface area (Å²) < 4.78 is 85.7. The number of nitrogens with one attached hydrogen (secondary N) is 2. The molecule has 15 heteroatoms. The molecular weight excluding hydrogens is 608 g/mol. The minimum Gasteiger partial charge on any atom is -0.331 e. The number of nitrogens with zero attached hydrogens (tertiary/aromatic N) is 4. The second-order valence-electron chi connectivity index (χ2n) is 10.0. The summed E-state index contributed by atoms with van der Waals surface area (Å²) in [5.74, 6) is -10.9. The van der Waals surface area contributed by atoms with Crippen molar-refractivity contribution < 1.29 is 30.8 Å². The Bertz CT molecular complexity index is 1750. The van der Waals surface area contributed by atoms with Crippen LogP contribution in [0.4, 0.5) is 34.1 Å². The maximum absolute atomic E-state index is 15.0. The number of carbonyl (C=O) groups excluding carboxylic acids is 1. The number of rotatable bonds is 8. The second-order valence-corrected chi connectivity index (χ2v) is 12.8. The lowest BCUT2D eigenvalue weighted by atomic mass is 10.1. The SMILES string of the molecule is Cc1ccc(NC(=O)c2c(F)c(F)c(S(=O)(=O)CN3CCN(C)CC3)c(F)c2F)cc1Nc1nc(-c2cccnc2)cs1. The lowest BCUT2D eigenvalue weighted by Crippen LogP contribution is -2.46. The van der Waals surface area contributed by atoms with Crippen LogP contribution in [0.25, 0.3) is 11.3 Å². The standard InChI is InChI=1S/C28H26F4N6O3S2/c1-16-5-6-18(12-19(16)35-28-36-20(14-42-28)17-4-3-7-33-13-17)34-27(39)21-22(29)24(31)26(25(32)23(21)30)43(40,41)15-38-10-8-37(2)9-11-38/h3-7,12-14H,8-11,15H2,1-2H3,(H,34,39)(H,35,36). The smallest absolute Gasteiger partial charge is 0.261 e. The number of hydrogen-bond donors (Lipinski definition) is 2. The van der Waals surface area contributed by atoms with E-state index in [0.29, 0.717) is 29.6 Å². The summed E-state index contributed by atoms with van der Waals surface area (Å²) in [7, 11) is -2.98. The first-order valence-electron chi connectivity index (χ1n) is 13.0. The average Bonchev–Trinajstić information content (AvgIpc) is 3.44. The topological polar surface area (TPSA) is 108 Å². The fourth-order valence-corrected chi connectivity index (χ4v) is 6.81. The highest BCUT2D eigenvalue weighted by Crippen LogP contribution is 2.32. The number of pyridine rings is 1. The summed E-state index contributed by atoms with van der Waals surface area (Å²) in [4.78, 5) is 23.0. The van der Waals surface area contributed by atoms with Crippen LogP contribution < -0.4 is 10.6 Å². The minimum absolute atomic E-state index is 0.0496. The number of hydrogen-bond acceptors (Lipinski definition) is 9. The molecule has 2 N–H and O–H groups in total. The molecule has 1 aliphatic rings. The van der Waals surface area contributed by atoms with Gasteiger partial charge in [0.2, 0.25) is 0 Å². The number of thiazole rings is 1. The van der Waals surface area contributed by atoms with E-state index in [1.807, 2.05) is 23.4 Å². The molecule has 0 radical (unpaired) electrons. The van der Waals surface area contributed by atoms with Crippen molar-refractivity contribution in [2.24, 2.45) is 0 Å². The summed E-state index contributed by atoms with van der Waals surface area (Å²) in [6.45, 7) is 3.36. The van der Waals surface area contributed by atoms with Gasteiger partial charge >= 0.3 is 0 Å². The van der Waals surface area contributed by atoms with Crippen molar-refractivity contribution in [2.45, 2.75) is 11.8 Å². The van der Waals surface area contributed by atoms with Gasteiger partial charge in [-0.25, -0.2) is 31.0 Å². The molecule has 226 valence electrons. The van der Waals surface area contributed by atoms with Crippen LogP contribution in [-0.2, 0) is 9.84 Å². The lowest BCUT2D eigenvalue weighted by Gasteiger charge is -2.32. The van der Waals surface area contributed by atoms with Gasteiger partial charge in [-0.1, -0.05) is 6.07 Å². The van der Waals surface area contributed by atoms with Crippen LogP contribution in [0.2, 0.25) is 0 Å². The first kappa shape index (κ1) is 30.5. The van der Waals surface area contributed by atoms with E-state index in [2.05, 4.69) is 20.6 Å². The number of benzene rings is 2. The van der Waals surface area contributed by atoms with Crippen molar-refractivity contribution >= 4 is 43.6 Å². The Hall–Kier alpha value is -3.92. The van der Waals surface area contributed by atoms with Gasteiger partial charge in [0, 0.05) is 60.9 Å². The minimum atomic E-state index is -4.81. The van der Waals surface area contributed by atoms with Gasteiger partial charge in [-0.05, 0) is 43.8 Å². The highest BCUT2D eigenvalue weighted by atomic mass is 32.2. The first-order chi connectivity index (χ1) is 20.4. The van der Waals surface area contributed by atoms with Crippen LogP contribution in [0.3, 0.4) is 0 Å². The van der Waals surface area contributed by atoms with Gasteiger partial charge in [0.25, 0.3) is 5.91 Å². The molecule has 1 saturated heterocycles. The molecule has 0 atom stereocenters. The van der Waals surface area contributed by atoms with Gasteiger partial charge in [0.05, 0.1) is 5.69 Å². The molecule has 1 amide bonds. The van der Waals surface area contributed by atoms with E-state index in [9.17, 15) is 13.2 Å². The van der Waals surface area contributed by atoms with Crippen molar-refractivity contribution in [3.05, 3.63) is 82.5 Å². The predicted octanol–water partition coefficient (Wildman–Crippen LogP) is 5.04. The molecule has 4 aromatic rings. The zero-order valence-electron chi connectivity index (χ0n) is 23.0. The molecule has 43 heavy (non-hydrogen) atoms. The average molecular weight is 635 g/mol. The first-order valence-corrected chi connectivity index (χ1v) is 15.5. The third kappa shape index (κ3) is 6.54. The van der Waals surface area contributed by atoms with Gasteiger partial charge in [-0.15, -0.1) is 11.3 Å². The lowest BCUT2D eigenvalue weighted by molar-refractivity contribution is 0.101. The Morgan fingerprint density at radius 3 is 2.37 bits per heavy atom. The predicted molar refractivity (Wildman–Crippen MR) is 155 cm³/mol. The van der Waals surface area contributed by atoms with Gasteiger partial charge < -0.3 is 15.5 Å². The van der Waals surface area contributed by atoms with Crippen LogP contribution in [0.15, 0.2) is 53.0 Å². The van der Waals surface area contributed by atoms with E-state index >= 15 is 17.6 Å². The quantitative estimate of drug-likeness (QED) is 0.205. The Morgan fingerprint density at radius 1 is 1.02 bits per heavy atom. The Morgan fingerprint density at radius 2 is 1.72 bits per heavy atom. The molecule has 2 aromatic carbocycles. The van der Waals surface area contributed by atoms with Crippen molar-refractivity contribution in [3.8, 4) is 11.3 Å². The molecule has 0 aliphatic carbocycles. The third-order valence-electron chi connectivity index (χ3n) is 6.91. The fourth-order valence-electron chi connectivity index (χ4n) is 4.49. The summed E-state index contributed by atoms with van der Waals surface area (Å²) in [6, 6.07) is 8.12. The molecule has 0 bridgehead atoms. The number of sulfone groups is 1. The number of carbonyl (C=O) groups is 1. The monoisotopic (exact) mass is 634 g/mol. The number of amides is 1. The van der Waals surface area contributed by atoms with Crippen LogP contribution in [0.1, 0.15) is 15.9 Å². The third-order valence-corrected chi connectivity index (χ3v) is 9.35. The van der Waals surface area contributed by atoms with Crippen molar-refractivity contribution in [2.75, 3.05) is 49.7 Å². The molecule has 9 nitrogen and oxygen atoms in total. The Labute approximate surface area is 249 Å². The molecule has 0 unspecified atom stereocenters. The van der Waals surface area contributed by atoms with Gasteiger partial charge in [0.15, 0.2) is 38.2 Å². The number of piperazine rings is 1. The van der Waals surface area contributed by atoms with Gasteiger partial charge in [-0.2, -0.15) is 0 Å². The molecule has 0 saturated carbocycles. The largest absolute Gasteiger partial charge is 0.331 e. The number of likely N-dealkylation sites (N-methyl/N-ethyl adjacent to an activating group) is 1. The molecular formula is C28H26F4N6O3S2. The van der Waals surface area contributed by atoms with E-state index in [-0.39, 0.29) is 18.8 Å². The molecule has 0 spiro atoms. The van der Waals surface area contributed by atoms with E-state index in [4.69, 9.17) is 0 Å². The maximum atomic E-state index is 15.0. The molecule has 2 aromatic heterocycles. The van der Waals surface area contributed by atoms with Gasteiger partial charge in [-0.3, -0.25) is 14.7 Å². The van der Waals surface area contributed by atoms with Crippen LogP contribution in [-0.4, -0.2) is 73.2 Å². The maximum Gasteiger partial charge on any atom is 0.261 e. The summed E-state index contributed by atoms with van der Waals surface area (Å²) in [6.07, 6.45) is 3.31. The number of aryl methyl sites for hydroxylation is 1. The Balaban J connectivity index is 1.36. The molecule has 3 heterocycles. The highest BCUT2D eigenvalue weighted by Gasteiger charge is 2.36. The molecule has 1 aliphatic heterocycles. The molecule has 5 rings (SSSR count). The zero-order chi connectivity index (χ0) is 30.9. The van der Waals surface area contributed by atoms with Crippen LogP contribution in [0.5, 0.6) is 0 Å². The van der Waals surface area contributed by atoms with Crippen LogP contribution >= 0.6 is 11.3 Å². The fraction of sp³-hybridized carbons (Fsp3) is 0.250. The summed E-state index contributed by atoms with van der Waals surface area (Å²) in [5.41, 5.74) is 1.20. The Kier molecular flexibility index (Phi) is 8.78. The highest BCUT2D eigenvalue weighted by molar-refractivity contribution is 7.91. The molecule has 1 fully saturated rings. The number of anilines is 3. The van der Waals surface area contributed by atoms with Gasteiger partial charge in [0.1, 0.15) is 16.3 Å². The second kappa shape index (κ2) is 12.4. The van der Waals surface area contributed by atoms with Crippen LogP contribution in [0, 0.1) is 30.2 Å². The van der Waals surface area contributed by atoms with Crippen molar-refractivity contribution in [1.82, 2.24) is 19.8 Å². The number of halogens is 4. The van der Waals surface area contributed by atoms with E-state index in [0.717, 1.165) is 11.1 Å². The zero-order valence-corrected chi connectivity index (χ0v) is 24.6. The van der Waals surface area contributed by atoms with Crippen molar-refractivity contribution in [1.29, 1.82) is 0 Å². The number of aromatic nitrogens is 2. The van der Waals surface area contributed by atoms with Crippen molar-refractivity contribution in [3.63, 3.8) is 0 Å². The van der Waals surface area contributed by atoms with E-state index in [1.54, 1.807) is 31.5 Å². The summed E-state index contributed by atoms with van der Waals surface area (Å²) >= 11 is 1.31. The summed E-state index contributed by atoms with van der Waals surface area (Å²) in [5, 5.41) is 7.68. The van der Waals surface area contributed by atoms with E-state index < -0.39 is 55.3 Å².